The van der Waals surface area contributed by atoms with E-state index in [2.05, 4.69) is 10.2 Å². The number of anilines is 2. The number of nitro groups is 1. The Morgan fingerprint density at radius 1 is 1.12 bits per heavy atom. The quantitative estimate of drug-likeness (QED) is 0.422. The van der Waals surface area contributed by atoms with Crippen LogP contribution < -0.4 is 10.2 Å². The van der Waals surface area contributed by atoms with Gasteiger partial charge in [-0.1, -0.05) is 6.42 Å². The fraction of sp³-hybridized carbons (Fsp3) is 0.588. The predicted octanol–water partition coefficient (Wildman–Crippen LogP) is 3.20. The second-order valence-electron chi connectivity index (χ2n) is 6.54. The van der Waals surface area contributed by atoms with Crippen LogP contribution in [0.25, 0.3) is 0 Å². The average Bonchev–Trinajstić information content (AvgIpc) is 3.07. The number of benzene rings is 1. The van der Waals surface area contributed by atoms with E-state index in [1.54, 1.807) is 6.07 Å². The maximum Gasteiger partial charge on any atom is 0.271 e. The number of rotatable bonds is 7. The van der Waals surface area contributed by atoms with E-state index < -0.39 is 4.92 Å². The van der Waals surface area contributed by atoms with Crippen molar-refractivity contribution in [1.82, 2.24) is 4.90 Å². The summed E-state index contributed by atoms with van der Waals surface area (Å²) in [6, 6.07) is 4.67. The highest BCUT2D eigenvalue weighted by atomic mass is 79.9. The molecule has 0 saturated carbocycles. The fourth-order valence-electron chi connectivity index (χ4n) is 3.48. The molecule has 25 heavy (non-hydrogen) atoms. The molecule has 0 aromatic heterocycles. The highest BCUT2D eigenvalue weighted by Crippen LogP contribution is 2.33. The zero-order valence-electron chi connectivity index (χ0n) is 14.3. The van der Waals surface area contributed by atoms with E-state index >= 15 is 0 Å². The molecule has 1 amide bonds. The number of carbonyl (C=O) groups is 1. The zero-order valence-corrected chi connectivity index (χ0v) is 16.0. The molecule has 1 saturated heterocycles. The van der Waals surface area contributed by atoms with Crippen LogP contribution in [0.5, 0.6) is 0 Å². The zero-order chi connectivity index (χ0) is 16.9. The van der Waals surface area contributed by atoms with Gasteiger partial charge in [0.2, 0.25) is 5.91 Å². The summed E-state index contributed by atoms with van der Waals surface area (Å²) in [4.78, 5) is 26.8. The second kappa shape index (κ2) is 9.15. The van der Waals surface area contributed by atoms with Crippen molar-refractivity contribution in [2.45, 2.75) is 32.1 Å². The Labute approximate surface area is 158 Å². The van der Waals surface area contributed by atoms with E-state index in [0.29, 0.717) is 12.2 Å². The molecule has 2 heterocycles. The molecular formula is C17H25BrN4O3. The number of non-ortho nitro benzene ring substituents is 1. The number of halogens is 1. The third kappa shape index (κ3) is 5.15. The largest absolute Gasteiger partial charge is 0.361 e. The average molecular weight is 413 g/mol. The van der Waals surface area contributed by atoms with E-state index in [1.165, 1.54) is 51.0 Å². The first-order valence-electron chi connectivity index (χ1n) is 8.69. The third-order valence-corrected chi connectivity index (χ3v) is 4.74. The molecule has 0 bridgehead atoms. The van der Waals surface area contributed by atoms with Crippen LogP contribution >= 0.6 is 17.0 Å². The highest BCUT2D eigenvalue weighted by molar-refractivity contribution is 8.93. The van der Waals surface area contributed by atoms with Gasteiger partial charge in [-0.2, -0.15) is 0 Å². The van der Waals surface area contributed by atoms with Crippen molar-refractivity contribution in [3.8, 4) is 0 Å². The molecule has 2 aliphatic heterocycles. The molecule has 1 aromatic rings. The summed E-state index contributed by atoms with van der Waals surface area (Å²) in [5.74, 6) is -0.111. The van der Waals surface area contributed by atoms with Gasteiger partial charge in [0.15, 0.2) is 0 Å². The Hall–Kier alpha value is -1.67. The summed E-state index contributed by atoms with van der Waals surface area (Å²) in [6.07, 6.45) is 6.00. The monoisotopic (exact) mass is 412 g/mol. The number of likely N-dealkylation sites (tertiary alicyclic amines) is 1. The minimum atomic E-state index is -0.441. The number of hydrogen-bond donors (Lipinski definition) is 1. The lowest BCUT2D eigenvalue weighted by Crippen LogP contribution is -2.38. The molecule has 138 valence electrons. The number of nitrogens with zero attached hydrogens (tertiary/aromatic N) is 3. The Bertz CT molecular complexity index is 620. The molecule has 1 fully saturated rings. The van der Waals surface area contributed by atoms with E-state index in [0.717, 1.165) is 25.1 Å². The summed E-state index contributed by atoms with van der Waals surface area (Å²) in [5.41, 5.74) is 1.42. The molecule has 1 N–H and O–H groups in total. The number of carbonyl (C=O) groups excluding carboxylic acids is 1. The minimum absolute atomic E-state index is 0. The Balaban J connectivity index is 0.00000225. The van der Waals surface area contributed by atoms with Gasteiger partial charge in [-0.15, -0.1) is 17.0 Å². The molecule has 0 spiro atoms. The summed E-state index contributed by atoms with van der Waals surface area (Å²) in [5, 5.41) is 13.6. The molecule has 0 aliphatic carbocycles. The Morgan fingerprint density at radius 3 is 2.56 bits per heavy atom. The van der Waals surface area contributed by atoms with Gasteiger partial charge < -0.3 is 15.1 Å². The van der Waals surface area contributed by atoms with E-state index in [9.17, 15) is 14.9 Å². The van der Waals surface area contributed by atoms with Crippen molar-refractivity contribution in [2.75, 3.05) is 42.9 Å². The van der Waals surface area contributed by atoms with Crippen LogP contribution in [0.3, 0.4) is 0 Å². The first-order chi connectivity index (χ1) is 11.6. The first-order valence-corrected chi connectivity index (χ1v) is 8.69. The number of amides is 1. The number of fused-ring (bicyclic) bond motifs is 1. The van der Waals surface area contributed by atoms with E-state index in [4.69, 9.17) is 0 Å². The molecule has 1 aromatic carbocycles. The van der Waals surface area contributed by atoms with Gasteiger partial charge in [-0.25, -0.2) is 0 Å². The van der Waals surface area contributed by atoms with Gasteiger partial charge in [0.25, 0.3) is 5.69 Å². The molecular weight excluding hydrogens is 388 g/mol. The summed E-state index contributed by atoms with van der Waals surface area (Å²) >= 11 is 0. The summed E-state index contributed by atoms with van der Waals surface area (Å²) in [6.45, 7) is 4.76. The van der Waals surface area contributed by atoms with Crippen LogP contribution in [0.1, 0.15) is 32.1 Å². The smallest absolute Gasteiger partial charge is 0.271 e. The van der Waals surface area contributed by atoms with Crippen molar-refractivity contribution in [1.29, 1.82) is 0 Å². The standard InChI is InChI=1S/C17H24N4O3.BrH/c22-17-13-20(11-3-1-2-8-19-9-4-5-10-19)16-7-6-14(21(23)24)12-15(16)18-17;/h6-7,12H,1-5,8-11,13H2,(H,18,22);1H. The van der Waals surface area contributed by atoms with E-state index in [1.807, 2.05) is 4.90 Å². The van der Waals surface area contributed by atoms with Crippen molar-refractivity contribution in [2.24, 2.45) is 0 Å². The Morgan fingerprint density at radius 2 is 1.84 bits per heavy atom. The van der Waals surface area contributed by atoms with Gasteiger partial charge in [-0.3, -0.25) is 14.9 Å². The predicted molar refractivity (Wildman–Crippen MR) is 104 cm³/mol. The Kier molecular flexibility index (Phi) is 7.19. The molecule has 3 rings (SSSR count). The van der Waals surface area contributed by atoms with Gasteiger partial charge >= 0.3 is 0 Å². The van der Waals surface area contributed by atoms with Crippen molar-refractivity contribution < 1.29 is 9.72 Å². The van der Waals surface area contributed by atoms with Crippen molar-refractivity contribution in [3.05, 3.63) is 28.3 Å². The van der Waals surface area contributed by atoms with Crippen molar-refractivity contribution in [3.63, 3.8) is 0 Å². The summed E-state index contributed by atoms with van der Waals surface area (Å²) < 4.78 is 0. The number of nitrogens with one attached hydrogen (secondary N) is 1. The van der Waals surface area contributed by atoms with Crippen LogP contribution in [0.15, 0.2) is 18.2 Å². The van der Waals surface area contributed by atoms with Crippen LogP contribution in [0.4, 0.5) is 17.1 Å². The molecule has 2 aliphatic rings. The van der Waals surface area contributed by atoms with Crippen LogP contribution in [0, 0.1) is 10.1 Å². The van der Waals surface area contributed by atoms with Crippen LogP contribution in [-0.2, 0) is 4.79 Å². The first kappa shape index (κ1) is 19.7. The molecule has 0 atom stereocenters. The molecule has 0 radical (unpaired) electrons. The van der Waals surface area contributed by atoms with Gasteiger partial charge in [0.05, 0.1) is 22.8 Å². The SMILES string of the molecule is Br.O=C1CN(CCCCCN2CCCC2)c2ccc([N+](=O)[O-])cc2N1. The number of hydrogen-bond acceptors (Lipinski definition) is 5. The lowest BCUT2D eigenvalue weighted by Gasteiger charge is -2.30. The number of nitro benzene ring substituents is 1. The van der Waals surface area contributed by atoms with Crippen LogP contribution in [0.2, 0.25) is 0 Å². The van der Waals surface area contributed by atoms with Gasteiger partial charge in [0, 0.05) is 18.7 Å². The number of unbranched alkanes of at least 4 members (excludes halogenated alkanes) is 2. The maximum absolute atomic E-state index is 11.9. The van der Waals surface area contributed by atoms with Gasteiger partial charge in [-0.05, 0) is 51.4 Å². The van der Waals surface area contributed by atoms with E-state index in [-0.39, 0.29) is 28.6 Å². The van der Waals surface area contributed by atoms with Gasteiger partial charge in [0.1, 0.15) is 0 Å². The summed E-state index contributed by atoms with van der Waals surface area (Å²) in [7, 11) is 0. The van der Waals surface area contributed by atoms with Crippen LogP contribution in [-0.4, -0.2) is 48.5 Å². The highest BCUT2D eigenvalue weighted by Gasteiger charge is 2.23. The lowest BCUT2D eigenvalue weighted by molar-refractivity contribution is -0.384. The lowest BCUT2D eigenvalue weighted by atomic mass is 10.1. The minimum Gasteiger partial charge on any atom is -0.361 e. The second-order valence-corrected chi connectivity index (χ2v) is 6.54. The molecule has 7 nitrogen and oxygen atoms in total. The third-order valence-electron chi connectivity index (χ3n) is 4.74. The van der Waals surface area contributed by atoms with Crippen molar-refractivity contribution >= 4 is 40.0 Å². The topological polar surface area (TPSA) is 78.7 Å². The molecule has 8 heteroatoms. The maximum atomic E-state index is 11.9. The normalized spacial score (nSPS) is 17.0. The molecule has 0 unspecified atom stereocenters. The fourth-order valence-corrected chi connectivity index (χ4v) is 3.48.